The number of carbonyl (C=O) groups is 8. The first-order valence-electron chi connectivity index (χ1n) is 28.9. The number of hydrogen-bond donors (Lipinski definition) is 2. The SMILES string of the molecule is CN[C@@H](CC(C)(C)F)C(=O)O[C@H](CCc1ccc(C2CCOCC2)cc1)C(=O)N(C)[C@@H](CC1CC1)C(=O)OCC(=O)N(C)[C@@H](CC(C)(C)F)C(=O)O[C@H](Cc1ccc(C2CCOCC2)cc1)C(=O)N(C)[C@@H](CC1CC1)C(=O)OCC(=O)O. The molecule has 3 amide bonds. The lowest BCUT2D eigenvalue weighted by atomic mass is 9.90. The van der Waals surface area contributed by atoms with Gasteiger partial charge in [-0.25, -0.2) is 28.0 Å². The van der Waals surface area contributed by atoms with Gasteiger partial charge in [0.25, 0.3) is 17.7 Å². The number of halogens is 2. The summed E-state index contributed by atoms with van der Waals surface area (Å²) in [5.41, 5.74) is -0.187. The zero-order valence-corrected chi connectivity index (χ0v) is 49.0. The maximum absolute atomic E-state index is 15.8. The Bertz CT molecular complexity index is 2480. The molecule has 0 unspecified atom stereocenters. The molecule has 6 atom stereocenters. The normalized spacial score (nSPS) is 18.4. The molecule has 2 aromatic rings. The third kappa shape index (κ3) is 20.4. The van der Waals surface area contributed by atoms with Crippen molar-refractivity contribution in [2.75, 3.05) is 67.8 Å². The summed E-state index contributed by atoms with van der Waals surface area (Å²) in [6, 6.07) is 10.2. The summed E-state index contributed by atoms with van der Waals surface area (Å²) < 4.78 is 64.2. The maximum atomic E-state index is 15.8. The summed E-state index contributed by atoms with van der Waals surface area (Å²) in [5, 5.41) is 12.0. The van der Waals surface area contributed by atoms with Gasteiger partial charge >= 0.3 is 29.8 Å². The van der Waals surface area contributed by atoms with Crippen molar-refractivity contribution in [3.05, 3.63) is 70.8 Å². The monoisotopic (exact) mass is 1150 g/mol. The van der Waals surface area contributed by atoms with Crippen LogP contribution in [0, 0.1) is 11.8 Å². The van der Waals surface area contributed by atoms with Gasteiger partial charge in [-0.3, -0.25) is 19.2 Å². The van der Waals surface area contributed by atoms with Crippen molar-refractivity contribution in [3.8, 4) is 0 Å². The van der Waals surface area contributed by atoms with E-state index in [1.165, 1.54) is 61.4 Å². The van der Waals surface area contributed by atoms with E-state index in [0.717, 1.165) is 77.2 Å². The van der Waals surface area contributed by atoms with Gasteiger partial charge < -0.3 is 53.5 Å². The van der Waals surface area contributed by atoms with E-state index in [2.05, 4.69) is 5.32 Å². The fraction of sp³-hybridized carbons (Fsp3) is 0.672. The first kappa shape index (κ1) is 65.1. The number of likely N-dealkylation sites (N-methyl/N-ethyl adjacent to an activating group) is 4. The molecule has 0 aromatic heterocycles. The van der Waals surface area contributed by atoms with Crippen LogP contribution in [0.15, 0.2) is 48.5 Å². The van der Waals surface area contributed by atoms with Crippen LogP contribution >= 0.6 is 0 Å². The molecule has 21 heteroatoms. The van der Waals surface area contributed by atoms with Gasteiger partial charge in [-0.1, -0.05) is 74.2 Å². The van der Waals surface area contributed by atoms with Gasteiger partial charge in [0.1, 0.15) is 35.5 Å². The number of aliphatic carboxylic acids is 1. The third-order valence-corrected chi connectivity index (χ3v) is 16.0. The van der Waals surface area contributed by atoms with Crippen molar-refractivity contribution in [3.63, 3.8) is 0 Å². The Morgan fingerprint density at radius 1 is 0.585 bits per heavy atom. The summed E-state index contributed by atoms with van der Waals surface area (Å²) >= 11 is 0. The number of aryl methyl sites for hydroxylation is 1. The highest BCUT2D eigenvalue weighted by Gasteiger charge is 2.43. The van der Waals surface area contributed by atoms with E-state index in [1.807, 2.05) is 36.4 Å². The zero-order valence-electron chi connectivity index (χ0n) is 49.0. The molecular formula is C61H86F2N4O15. The van der Waals surface area contributed by atoms with Gasteiger partial charge in [-0.05, 0) is 132 Å². The highest BCUT2D eigenvalue weighted by molar-refractivity contribution is 5.92. The first-order chi connectivity index (χ1) is 38.8. The number of esters is 4. The molecule has 2 heterocycles. The second-order valence-electron chi connectivity index (χ2n) is 24.0. The van der Waals surface area contributed by atoms with E-state index in [9.17, 15) is 47.9 Å². The molecule has 0 bridgehead atoms. The molecule has 2 saturated heterocycles. The van der Waals surface area contributed by atoms with E-state index in [-0.39, 0.29) is 49.9 Å². The van der Waals surface area contributed by atoms with Crippen LogP contribution < -0.4 is 5.32 Å². The number of rotatable bonds is 31. The molecule has 2 aliphatic carbocycles. The Morgan fingerprint density at radius 3 is 1.46 bits per heavy atom. The highest BCUT2D eigenvalue weighted by atomic mass is 19.1. The van der Waals surface area contributed by atoms with E-state index in [4.69, 9.17) is 28.4 Å². The molecule has 19 nitrogen and oxygen atoms in total. The average molecular weight is 1150 g/mol. The van der Waals surface area contributed by atoms with Gasteiger partial charge in [0, 0.05) is 66.8 Å². The smallest absolute Gasteiger partial charge is 0.341 e. The maximum Gasteiger partial charge on any atom is 0.341 e. The van der Waals surface area contributed by atoms with E-state index >= 15 is 4.39 Å². The lowest BCUT2D eigenvalue weighted by Gasteiger charge is -2.33. The van der Waals surface area contributed by atoms with Crippen LogP contribution in [0.25, 0.3) is 0 Å². The van der Waals surface area contributed by atoms with Gasteiger partial charge in [-0.2, -0.15) is 0 Å². The Morgan fingerprint density at radius 2 is 1.02 bits per heavy atom. The number of nitrogens with one attached hydrogen (secondary N) is 1. The van der Waals surface area contributed by atoms with Crippen LogP contribution in [0.5, 0.6) is 0 Å². The predicted molar refractivity (Wildman–Crippen MR) is 297 cm³/mol. The molecule has 4 fully saturated rings. The fourth-order valence-electron chi connectivity index (χ4n) is 10.6. The van der Waals surface area contributed by atoms with Crippen molar-refractivity contribution >= 4 is 47.6 Å². The first-order valence-corrected chi connectivity index (χ1v) is 28.9. The quantitative estimate of drug-likeness (QED) is 0.0599. The van der Waals surface area contributed by atoms with Crippen LogP contribution in [0.2, 0.25) is 0 Å². The molecule has 4 aliphatic rings. The number of nitrogens with zero attached hydrogens (tertiary/aromatic N) is 3. The predicted octanol–water partition coefficient (Wildman–Crippen LogP) is 6.59. The molecule has 0 radical (unpaired) electrons. The summed E-state index contributed by atoms with van der Waals surface area (Å²) in [6.07, 6.45) is 3.08. The number of carboxylic acids is 1. The third-order valence-electron chi connectivity index (χ3n) is 16.0. The van der Waals surface area contributed by atoms with Crippen molar-refractivity contribution < 1.29 is 80.7 Å². The van der Waals surface area contributed by atoms with E-state index < -0.39 is 115 Å². The van der Waals surface area contributed by atoms with Crippen molar-refractivity contribution in [2.45, 2.75) is 184 Å². The Balaban J connectivity index is 1.19. The summed E-state index contributed by atoms with van der Waals surface area (Å²) in [6.45, 7) is 5.76. The summed E-state index contributed by atoms with van der Waals surface area (Å²) in [4.78, 5) is 113. The highest BCUT2D eigenvalue weighted by Crippen LogP contribution is 2.37. The van der Waals surface area contributed by atoms with Crippen molar-refractivity contribution in [1.29, 1.82) is 0 Å². The number of amides is 3. The minimum Gasteiger partial charge on any atom is -0.479 e. The average Bonchev–Trinajstić information content (AvgIpc) is 4.49. The van der Waals surface area contributed by atoms with Gasteiger partial charge in [0.2, 0.25) is 0 Å². The summed E-state index contributed by atoms with van der Waals surface area (Å²) in [7, 11) is 5.40. The largest absolute Gasteiger partial charge is 0.479 e. The van der Waals surface area contributed by atoms with E-state index in [0.29, 0.717) is 44.3 Å². The number of alkyl halides is 2. The van der Waals surface area contributed by atoms with E-state index in [1.54, 1.807) is 12.1 Å². The molecule has 2 aliphatic heterocycles. The van der Waals surface area contributed by atoms with Crippen molar-refractivity contribution in [2.24, 2.45) is 11.8 Å². The van der Waals surface area contributed by atoms with Crippen LogP contribution in [0.1, 0.15) is 145 Å². The molecule has 82 heavy (non-hydrogen) atoms. The van der Waals surface area contributed by atoms with Crippen LogP contribution in [-0.4, -0.2) is 183 Å². The minimum absolute atomic E-state index is 0.0177. The number of carbonyl (C=O) groups excluding carboxylic acids is 7. The fourth-order valence-corrected chi connectivity index (χ4v) is 10.6. The lowest BCUT2D eigenvalue weighted by Crippen LogP contribution is -2.53. The summed E-state index contributed by atoms with van der Waals surface area (Å²) in [5.74, 6) is -7.12. The van der Waals surface area contributed by atoms with Gasteiger partial charge in [0.15, 0.2) is 25.4 Å². The molecule has 2 aromatic carbocycles. The molecule has 2 N–H and O–H groups in total. The minimum atomic E-state index is -2.10. The lowest BCUT2D eigenvalue weighted by molar-refractivity contribution is -0.171. The van der Waals surface area contributed by atoms with Crippen LogP contribution in [0.4, 0.5) is 8.78 Å². The Hall–Kier alpha value is -6.06. The standard InChI is InChI=1S/C61H86F2N4O15/c1-60(2,62)34-46(64-5)56(73)81-50(22-17-38-13-18-42(19-14-38)44-23-27-77-28-24-44)54(71)66(7)47(31-39-9-10-39)57(74)79-36-52(68)65(6)49(35-61(3,4)63)59(76)82-51(33-41-15-20-43(21-16-41)45-25-29-78-30-26-45)55(72)67(8)48(32-40-11-12-40)58(75)80-37-53(69)70/h13-16,18-21,39-40,44-51,64H,9-12,17,22-37H2,1-8H3,(H,69,70)/t46-,47-,48-,49-,50+,51+/m0/s1. The molecular weight excluding hydrogens is 1070 g/mol. The number of hydrogen-bond acceptors (Lipinski definition) is 15. The Kier molecular flexibility index (Phi) is 23.8. The van der Waals surface area contributed by atoms with Crippen LogP contribution in [0.3, 0.4) is 0 Å². The number of ether oxygens (including phenoxy) is 6. The number of benzene rings is 2. The van der Waals surface area contributed by atoms with Gasteiger partial charge in [-0.15, -0.1) is 0 Å². The second-order valence-corrected chi connectivity index (χ2v) is 24.0. The molecule has 0 spiro atoms. The van der Waals surface area contributed by atoms with Crippen molar-refractivity contribution in [1.82, 2.24) is 20.0 Å². The molecule has 454 valence electrons. The molecule has 6 rings (SSSR count). The van der Waals surface area contributed by atoms with Gasteiger partial charge in [0.05, 0.1) is 0 Å². The zero-order chi connectivity index (χ0) is 59.9. The second kappa shape index (κ2) is 30.0. The Labute approximate surface area is 480 Å². The number of carboxylic acid groups (broad SMARTS) is 1. The topological polar surface area (TPSA) is 234 Å². The molecule has 2 saturated carbocycles. The van der Waals surface area contributed by atoms with Crippen LogP contribution in [-0.2, 0) is 79.6 Å².